The Hall–Kier alpha value is -0.570. The zero-order valence-electron chi connectivity index (χ0n) is 8.67. The van der Waals surface area contributed by atoms with Gasteiger partial charge in [-0.2, -0.15) is 0 Å². The highest BCUT2D eigenvalue weighted by Gasteiger charge is 2.26. The van der Waals surface area contributed by atoms with Gasteiger partial charge in [-0.05, 0) is 25.7 Å². The van der Waals surface area contributed by atoms with E-state index < -0.39 is 0 Å². The highest BCUT2D eigenvalue weighted by atomic mass is 16.5. The van der Waals surface area contributed by atoms with E-state index in [1.165, 1.54) is 26.4 Å². The topological polar surface area (TPSA) is 38.3 Å². The van der Waals surface area contributed by atoms with Crippen LogP contribution in [0.3, 0.4) is 0 Å². The van der Waals surface area contributed by atoms with Crippen LogP contribution in [0.5, 0.6) is 0 Å². The zero-order valence-corrected chi connectivity index (χ0v) is 8.67. The van der Waals surface area contributed by atoms with Crippen molar-refractivity contribution in [2.24, 2.45) is 5.92 Å². The third-order valence-corrected chi connectivity index (χ3v) is 2.88. The van der Waals surface area contributed by atoms with Crippen molar-refractivity contribution in [2.75, 3.05) is 7.11 Å². The lowest BCUT2D eigenvalue weighted by Crippen LogP contribution is -2.43. The fraction of sp³-hybridized carbons (Fsp3) is 0.900. The van der Waals surface area contributed by atoms with Crippen LogP contribution in [0.4, 0.5) is 0 Å². The summed E-state index contributed by atoms with van der Waals surface area (Å²) in [5, 5.41) is 3.30. The molecule has 3 nitrogen and oxygen atoms in total. The monoisotopic (exact) mass is 185 g/mol. The SMILES string of the molecule is COC(=O)C(C)NC1CCCC1C. The molecule has 0 spiro atoms. The van der Waals surface area contributed by atoms with Gasteiger partial charge >= 0.3 is 5.97 Å². The minimum Gasteiger partial charge on any atom is -0.468 e. The van der Waals surface area contributed by atoms with Gasteiger partial charge in [0, 0.05) is 6.04 Å². The summed E-state index contributed by atoms with van der Waals surface area (Å²) in [7, 11) is 1.43. The molecule has 0 bridgehead atoms. The maximum absolute atomic E-state index is 11.1. The number of nitrogens with one attached hydrogen (secondary N) is 1. The van der Waals surface area contributed by atoms with Crippen molar-refractivity contribution in [3.05, 3.63) is 0 Å². The predicted molar refractivity (Wildman–Crippen MR) is 51.4 cm³/mol. The van der Waals surface area contributed by atoms with Crippen molar-refractivity contribution in [1.29, 1.82) is 0 Å². The van der Waals surface area contributed by atoms with E-state index in [-0.39, 0.29) is 12.0 Å². The number of esters is 1. The summed E-state index contributed by atoms with van der Waals surface area (Å²) in [5.74, 6) is 0.520. The molecule has 3 unspecified atom stereocenters. The Labute approximate surface area is 79.8 Å². The number of methoxy groups -OCH3 is 1. The molecule has 0 saturated heterocycles. The summed E-state index contributed by atoms with van der Waals surface area (Å²) in [5.41, 5.74) is 0. The summed E-state index contributed by atoms with van der Waals surface area (Å²) in [4.78, 5) is 11.1. The second kappa shape index (κ2) is 4.61. The highest BCUT2D eigenvalue weighted by Crippen LogP contribution is 2.25. The average molecular weight is 185 g/mol. The Morgan fingerprint density at radius 2 is 2.23 bits per heavy atom. The maximum atomic E-state index is 11.1. The molecule has 0 heterocycles. The van der Waals surface area contributed by atoms with E-state index in [1.54, 1.807) is 0 Å². The molecule has 76 valence electrons. The molecule has 1 fully saturated rings. The minimum absolute atomic E-state index is 0.167. The van der Waals surface area contributed by atoms with Gasteiger partial charge in [-0.3, -0.25) is 4.79 Å². The third kappa shape index (κ3) is 2.69. The second-order valence-corrected chi connectivity index (χ2v) is 3.93. The molecule has 1 saturated carbocycles. The lowest BCUT2D eigenvalue weighted by Gasteiger charge is -2.20. The van der Waals surface area contributed by atoms with E-state index >= 15 is 0 Å². The molecule has 3 heteroatoms. The standard InChI is InChI=1S/C10H19NO2/c1-7-5-4-6-9(7)11-8(2)10(12)13-3/h7-9,11H,4-6H2,1-3H3. The number of hydrogen-bond donors (Lipinski definition) is 1. The molecule has 1 rings (SSSR count). The van der Waals surface area contributed by atoms with E-state index in [0.717, 1.165) is 0 Å². The molecular formula is C10H19NO2. The van der Waals surface area contributed by atoms with Crippen LogP contribution in [0.15, 0.2) is 0 Å². The molecule has 13 heavy (non-hydrogen) atoms. The van der Waals surface area contributed by atoms with Crippen LogP contribution in [-0.2, 0) is 9.53 Å². The van der Waals surface area contributed by atoms with Crippen LogP contribution in [0.25, 0.3) is 0 Å². The van der Waals surface area contributed by atoms with Gasteiger partial charge in [-0.25, -0.2) is 0 Å². The van der Waals surface area contributed by atoms with Crippen molar-refractivity contribution in [1.82, 2.24) is 5.32 Å². The normalized spacial score (nSPS) is 30.1. The van der Waals surface area contributed by atoms with Crippen molar-refractivity contribution in [3.63, 3.8) is 0 Å². The van der Waals surface area contributed by atoms with Gasteiger partial charge in [0.25, 0.3) is 0 Å². The number of carbonyl (C=O) groups excluding carboxylic acids is 1. The van der Waals surface area contributed by atoms with Gasteiger partial charge in [-0.1, -0.05) is 13.3 Å². The Kier molecular flexibility index (Phi) is 3.72. The largest absolute Gasteiger partial charge is 0.468 e. The number of hydrogen-bond acceptors (Lipinski definition) is 3. The Balaban J connectivity index is 2.34. The van der Waals surface area contributed by atoms with Crippen LogP contribution in [0.1, 0.15) is 33.1 Å². The van der Waals surface area contributed by atoms with Crippen LogP contribution in [0.2, 0.25) is 0 Å². The van der Waals surface area contributed by atoms with Crippen molar-refractivity contribution in [2.45, 2.75) is 45.2 Å². The van der Waals surface area contributed by atoms with E-state index in [9.17, 15) is 4.79 Å². The molecule has 1 N–H and O–H groups in total. The first-order valence-corrected chi connectivity index (χ1v) is 4.99. The molecular weight excluding hydrogens is 166 g/mol. The van der Waals surface area contributed by atoms with Gasteiger partial charge in [0.1, 0.15) is 6.04 Å². The van der Waals surface area contributed by atoms with Crippen LogP contribution < -0.4 is 5.32 Å². The Bertz CT molecular complexity index is 182. The molecule has 0 aromatic heterocycles. The maximum Gasteiger partial charge on any atom is 0.322 e. The van der Waals surface area contributed by atoms with Crippen molar-refractivity contribution >= 4 is 5.97 Å². The fourth-order valence-corrected chi connectivity index (χ4v) is 1.96. The van der Waals surface area contributed by atoms with E-state index in [4.69, 9.17) is 0 Å². The summed E-state index contributed by atoms with van der Waals surface area (Å²) < 4.78 is 4.66. The molecule has 0 amide bonds. The van der Waals surface area contributed by atoms with Gasteiger partial charge in [0.15, 0.2) is 0 Å². The summed E-state index contributed by atoms with van der Waals surface area (Å²) in [6, 6.07) is 0.324. The van der Waals surface area contributed by atoms with Crippen LogP contribution in [-0.4, -0.2) is 25.2 Å². The minimum atomic E-state index is -0.171. The van der Waals surface area contributed by atoms with Crippen LogP contribution in [0, 0.1) is 5.92 Å². The molecule has 0 aromatic carbocycles. The first-order valence-electron chi connectivity index (χ1n) is 4.99. The summed E-state index contributed by atoms with van der Waals surface area (Å²) >= 11 is 0. The number of carbonyl (C=O) groups is 1. The number of rotatable bonds is 3. The first kappa shape index (κ1) is 10.5. The molecule has 0 aliphatic heterocycles. The Morgan fingerprint density at radius 3 is 2.69 bits per heavy atom. The first-order chi connectivity index (χ1) is 6.15. The zero-order chi connectivity index (χ0) is 9.84. The molecule has 3 atom stereocenters. The molecule has 1 aliphatic rings. The van der Waals surface area contributed by atoms with Gasteiger partial charge in [0.2, 0.25) is 0 Å². The lowest BCUT2D eigenvalue weighted by molar-refractivity contribution is -0.142. The van der Waals surface area contributed by atoms with Crippen molar-refractivity contribution < 1.29 is 9.53 Å². The van der Waals surface area contributed by atoms with Crippen molar-refractivity contribution in [3.8, 4) is 0 Å². The molecule has 0 aromatic rings. The van der Waals surface area contributed by atoms with Gasteiger partial charge in [0.05, 0.1) is 7.11 Å². The number of ether oxygens (including phenoxy) is 1. The van der Waals surface area contributed by atoms with Gasteiger partial charge in [-0.15, -0.1) is 0 Å². The summed E-state index contributed by atoms with van der Waals surface area (Å²) in [6.07, 6.45) is 3.72. The molecule has 1 aliphatic carbocycles. The second-order valence-electron chi connectivity index (χ2n) is 3.93. The van der Waals surface area contributed by atoms with E-state index in [1.807, 2.05) is 6.92 Å². The lowest BCUT2D eigenvalue weighted by atomic mass is 10.1. The third-order valence-electron chi connectivity index (χ3n) is 2.88. The average Bonchev–Trinajstić information content (AvgIpc) is 2.50. The fourth-order valence-electron chi connectivity index (χ4n) is 1.96. The van der Waals surface area contributed by atoms with E-state index in [0.29, 0.717) is 12.0 Å². The highest BCUT2D eigenvalue weighted by molar-refractivity contribution is 5.75. The van der Waals surface area contributed by atoms with Gasteiger partial charge < -0.3 is 10.1 Å². The summed E-state index contributed by atoms with van der Waals surface area (Å²) in [6.45, 7) is 4.09. The van der Waals surface area contributed by atoms with Crippen LogP contribution >= 0.6 is 0 Å². The molecule has 0 radical (unpaired) electrons. The Morgan fingerprint density at radius 1 is 1.54 bits per heavy atom. The van der Waals surface area contributed by atoms with E-state index in [2.05, 4.69) is 17.0 Å². The quantitative estimate of drug-likeness (QED) is 0.674. The smallest absolute Gasteiger partial charge is 0.322 e. The predicted octanol–water partition coefficient (Wildman–Crippen LogP) is 1.33.